The summed E-state index contributed by atoms with van der Waals surface area (Å²) in [4.78, 5) is 17.0. The molecule has 0 aliphatic carbocycles. The molecule has 0 spiro atoms. The van der Waals surface area contributed by atoms with Gasteiger partial charge in [-0.3, -0.25) is 4.79 Å². The molecule has 1 aliphatic heterocycles. The third-order valence-electron chi connectivity index (χ3n) is 6.44. The summed E-state index contributed by atoms with van der Waals surface area (Å²) in [6.07, 6.45) is 3.59. The first kappa shape index (κ1) is 25.4. The van der Waals surface area contributed by atoms with Gasteiger partial charge in [0.05, 0.1) is 12.0 Å². The normalized spacial score (nSPS) is 15.5. The summed E-state index contributed by atoms with van der Waals surface area (Å²) >= 11 is 1.68. The first-order valence-corrected chi connectivity index (χ1v) is 14.3. The van der Waals surface area contributed by atoms with Gasteiger partial charge in [0, 0.05) is 42.5 Å². The average Bonchev–Trinajstić information content (AvgIpc) is 3.41. The van der Waals surface area contributed by atoms with Gasteiger partial charge in [0.1, 0.15) is 5.75 Å². The van der Waals surface area contributed by atoms with Crippen LogP contribution < -0.4 is 4.74 Å². The Kier molecular flexibility index (Phi) is 8.26. The molecular formula is C27H32N2O4S2. The van der Waals surface area contributed by atoms with Gasteiger partial charge in [-0.1, -0.05) is 24.6 Å². The minimum atomic E-state index is -3.53. The lowest BCUT2D eigenvalue weighted by Gasteiger charge is -2.30. The number of sulfonamides is 1. The third-order valence-corrected chi connectivity index (χ3v) is 9.25. The minimum absolute atomic E-state index is 0.0417. The largest absolute Gasteiger partial charge is 0.497 e. The van der Waals surface area contributed by atoms with E-state index >= 15 is 0 Å². The molecule has 1 aliphatic rings. The number of rotatable bonds is 9. The molecule has 1 saturated heterocycles. The van der Waals surface area contributed by atoms with Gasteiger partial charge in [-0.05, 0) is 73.2 Å². The number of carbonyl (C=O) groups excluding carboxylic acids is 1. The SMILES string of the molecule is COc1ccc(CN(C(=O)c2ccc(S(=O)(=O)N3CCCCC3)cc2)[C@H](C)Cc2cccs2)cc1. The molecule has 1 amide bonds. The van der Waals surface area contributed by atoms with E-state index in [0.29, 0.717) is 25.2 Å². The molecule has 3 aromatic rings. The van der Waals surface area contributed by atoms with Crippen molar-refractivity contribution in [3.63, 3.8) is 0 Å². The first-order valence-electron chi connectivity index (χ1n) is 11.9. The van der Waals surface area contributed by atoms with Gasteiger partial charge in [-0.25, -0.2) is 8.42 Å². The van der Waals surface area contributed by atoms with Crippen molar-refractivity contribution >= 4 is 27.3 Å². The molecule has 2 aromatic carbocycles. The van der Waals surface area contributed by atoms with E-state index < -0.39 is 10.0 Å². The van der Waals surface area contributed by atoms with E-state index in [1.807, 2.05) is 40.6 Å². The van der Waals surface area contributed by atoms with Gasteiger partial charge in [0.25, 0.3) is 5.91 Å². The van der Waals surface area contributed by atoms with Gasteiger partial charge in [0.15, 0.2) is 0 Å². The van der Waals surface area contributed by atoms with Crippen LogP contribution in [0.3, 0.4) is 0 Å². The smallest absolute Gasteiger partial charge is 0.254 e. The van der Waals surface area contributed by atoms with Crippen molar-refractivity contribution in [2.24, 2.45) is 0 Å². The zero-order chi connectivity index (χ0) is 24.8. The van der Waals surface area contributed by atoms with Gasteiger partial charge in [-0.15, -0.1) is 11.3 Å². The molecule has 6 nitrogen and oxygen atoms in total. The third kappa shape index (κ3) is 6.12. The van der Waals surface area contributed by atoms with Gasteiger partial charge < -0.3 is 9.64 Å². The molecule has 8 heteroatoms. The summed E-state index contributed by atoms with van der Waals surface area (Å²) in [6, 6.07) is 18.2. The summed E-state index contributed by atoms with van der Waals surface area (Å²) in [5, 5.41) is 2.04. The molecule has 0 N–H and O–H groups in total. The predicted molar refractivity (Wildman–Crippen MR) is 139 cm³/mol. The Bertz CT molecular complexity index is 1200. The molecule has 1 aromatic heterocycles. The van der Waals surface area contributed by atoms with Crippen molar-refractivity contribution in [1.82, 2.24) is 9.21 Å². The monoisotopic (exact) mass is 512 g/mol. The van der Waals surface area contributed by atoms with Crippen LogP contribution in [0.15, 0.2) is 70.9 Å². The van der Waals surface area contributed by atoms with Crippen LogP contribution in [-0.2, 0) is 23.0 Å². The van der Waals surface area contributed by atoms with E-state index in [-0.39, 0.29) is 16.8 Å². The maximum atomic E-state index is 13.6. The number of hydrogen-bond donors (Lipinski definition) is 0. The van der Waals surface area contributed by atoms with Crippen LogP contribution in [0.2, 0.25) is 0 Å². The topological polar surface area (TPSA) is 66.9 Å². The Morgan fingerprint density at radius 3 is 2.31 bits per heavy atom. The second-order valence-electron chi connectivity index (χ2n) is 8.90. The number of carbonyl (C=O) groups is 1. The van der Waals surface area contributed by atoms with E-state index in [1.54, 1.807) is 47.0 Å². The van der Waals surface area contributed by atoms with E-state index in [2.05, 4.69) is 13.0 Å². The zero-order valence-corrected chi connectivity index (χ0v) is 21.9. The highest BCUT2D eigenvalue weighted by atomic mass is 32.2. The highest BCUT2D eigenvalue weighted by molar-refractivity contribution is 7.89. The Hall–Kier alpha value is -2.68. The Morgan fingerprint density at radius 1 is 1.03 bits per heavy atom. The first-order chi connectivity index (χ1) is 16.9. The zero-order valence-electron chi connectivity index (χ0n) is 20.2. The highest BCUT2D eigenvalue weighted by Crippen LogP contribution is 2.23. The van der Waals surface area contributed by atoms with Crippen molar-refractivity contribution < 1.29 is 17.9 Å². The van der Waals surface area contributed by atoms with Crippen LogP contribution in [-0.4, -0.2) is 49.8 Å². The van der Waals surface area contributed by atoms with Crippen molar-refractivity contribution in [2.75, 3.05) is 20.2 Å². The molecule has 0 saturated carbocycles. The van der Waals surface area contributed by atoms with Gasteiger partial charge >= 0.3 is 0 Å². The van der Waals surface area contributed by atoms with Crippen molar-refractivity contribution in [3.8, 4) is 5.75 Å². The van der Waals surface area contributed by atoms with Crippen molar-refractivity contribution in [1.29, 1.82) is 0 Å². The Balaban J connectivity index is 1.56. The predicted octanol–water partition coefficient (Wildman–Crippen LogP) is 5.20. The van der Waals surface area contributed by atoms with E-state index in [9.17, 15) is 13.2 Å². The molecule has 0 radical (unpaired) electrons. The lowest BCUT2D eigenvalue weighted by atomic mass is 10.1. The number of piperidine rings is 1. The van der Waals surface area contributed by atoms with E-state index in [4.69, 9.17) is 4.74 Å². The maximum Gasteiger partial charge on any atom is 0.254 e. The van der Waals surface area contributed by atoms with E-state index in [0.717, 1.165) is 37.0 Å². The number of benzene rings is 2. The number of hydrogen-bond acceptors (Lipinski definition) is 5. The number of ether oxygens (including phenoxy) is 1. The lowest BCUT2D eigenvalue weighted by molar-refractivity contribution is 0.0676. The standard InChI is InChI=1S/C27H32N2O4S2/c1-21(19-25-7-6-18-34-25)29(20-22-8-12-24(33-2)13-9-22)27(30)23-10-14-26(15-11-23)35(31,32)28-16-4-3-5-17-28/h6-15,18,21H,3-5,16-17,19-20H2,1-2H3/t21-/m1/s1. The Morgan fingerprint density at radius 2 is 1.71 bits per heavy atom. The Labute approximate surface area is 212 Å². The second-order valence-corrected chi connectivity index (χ2v) is 11.9. The molecule has 4 rings (SSSR count). The maximum absolute atomic E-state index is 13.6. The summed E-state index contributed by atoms with van der Waals surface area (Å²) in [5.41, 5.74) is 1.48. The number of nitrogens with zero attached hydrogens (tertiary/aromatic N) is 2. The quantitative estimate of drug-likeness (QED) is 0.395. The fraction of sp³-hybridized carbons (Fsp3) is 0.370. The molecule has 0 bridgehead atoms. The lowest BCUT2D eigenvalue weighted by Crippen LogP contribution is -2.39. The summed E-state index contributed by atoms with van der Waals surface area (Å²) < 4.78 is 32.8. The molecule has 1 atom stereocenters. The van der Waals surface area contributed by atoms with Crippen LogP contribution in [0.4, 0.5) is 0 Å². The van der Waals surface area contributed by atoms with Gasteiger partial charge in [-0.2, -0.15) is 4.31 Å². The highest BCUT2D eigenvalue weighted by Gasteiger charge is 2.27. The van der Waals surface area contributed by atoms with Crippen LogP contribution in [0.5, 0.6) is 5.75 Å². The molecule has 2 heterocycles. The van der Waals surface area contributed by atoms with Crippen LogP contribution in [0, 0.1) is 0 Å². The van der Waals surface area contributed by atoms with E-state index in [1.165, 1.54) is 4.88 Å². The molecule has 186 valence electrons. The average molecular weight is 513 g/mol. The number of thiophene rings is 1. The van der Waals surface area contributed by atoms with Crippen LogP contribution in [0.1, 0.15) is 47.0 Å². The fourth-order valence-corrected chi connectivity index (χ4v) is 6.72. The van der Waals surface area contributed by atoms with Crippen molar-refractivity contribution in [3.05, 3.63) is 82.0 Å². The van der Waals surface area contributed by atoms with Crippen LogP contribution >= 0.6 is 11.3 Å². The molecule has 0 unspecified atom stereocenters. The fourth-order valence-electron chi connectivity index (χ4n) is 4.38. The summed E-state index contributed by atoms with van der Waals surface area (Å²) in [7, 11) is -1.90. The molecule has 1 fully saturated rings. The summed E-state index contributed by atoms with van der Waals surface area (Å²) in [6.45, 7) is 3.61. The van der Waals surface area contributed by atoms with Crippen molar-refractivity contribution in [2.45, 2.75) is 50.1 Å². The van der Waals surface area contributed by atoms with Crippen LogP contribution in [0.25, 0.3) is 0 Å². The molecular weight excluding hydrogens is 480 g/mol. The van der Waals surface area contributed by atoms with Gasteiger partial charge in [0.2, 0.25) is 10.0 Å². The molecule has 35 heavy (non-hydrogen) atoms. The second kappa shape index (κ2) is 11.4. The number of amides is 1. The number of methoxy groups -OCH3 is 1. The summed E-state index contributed by atoms with van der Waals surface area (Å²) in [5.74, 6) is 0.649. The minimum Gasteiger partial charge on any atom is -0.497 e.